The Balaban J connectivity index is 1.92. The maximum absolute atomic E-state index is 12.4. The Morgan fingerprint density at radius 3 is 2.82 bits per heavy atom. The normalized spacial score (nSPS) is 34.0. The molecule has 0 amide bonds. The second-order valence-corrected chi connectivity index (χ2v) is 5.71. The molecule has 1 aliphatic heterocycles. The first kappa shape index (κ1) is 15.2. The van der Waals surface area contributed by atoms with Gasteiger partial charge in [0.1, 0.15) is 0 Å². The fraction of sp³-hybridized carbons (Fsp3) is 0.471. The fourth-order valence-electron chi connectivity index (χ4n) is 3.15. The number of esters is 1. The van der Waals surface area contributed by atoms with Crippen LogP contribution in [0.3, 0.4) is 0 Å². The van der Waals surface area contributed by atoms with E-state index in [1.165, 1.54) is 7.11 Å². The molecule has 5 heteroatoms. The van der Waals surface area contributed by atoms with Crippen molar-refractivity contribution < 1.29 is 24.1 Å². The molecular weight excluding hydrogens is 284 g/mol. The van der Waals surface area contributed by atoms with Crippen molar-refractivity contribution in [1.82, 2.24) is 0 Å². The first-order valence-corrected chi connectivity index (χ1v) is 7.41. The molecule has 0 unspecified atom stereocenters. The van der Waals surface area contributed by atoms with Crippen LogP contribution in [0.15, 0.2) is 42.5 Å². The molecule has 0 saturated carbocycles. The molecule has 0 radical (unpaired) electrons. The van der Waals surface area contributed by atoms with Gasteiger partial charge in [-0.25, -0.2) is 4.79 Å². The number of ether oxygens (including phenoxy) is 3. The van der Waals surface area contributed by atoms with Crippen LogP contribution in [0, 0.1) is 11.8 Å². The zero-order valence-electron chi connectivity index (χ0n) is 12.5. The van der Waals surface area contributed by atoms with Crippen LogP contribution in [0.1, 0.15) is 18.3 Å². The third-order valence-corrected chi connectivity index (χ3v) is 4.36. The van der Waals surface area contributed by atoms with Gasteiger partial charge < -0.3 is 19.3 Å². The second-order valence-electron chi connectivity index (χ2n) is 5.71. The number of carbonyl (C=O) groups excluding carboxylic acids is 1. The maximum atomic E-state index is 12.4. The average molecular weight is 304 g/mol. The molecule has 1 aromatic rings. The number of rotatable bonds is 3. The number of aliphatic hydroxyl groups excluding tert-OH is 1. The van der Waals surface area contributed by atoms with Gasteiger partial charge in [-0.05, 0) is 6.42 Å². The van der Waals surface area contributed by atoms with Gasteiger partial charge in [0, 0.05) is 24.0 Å². The highest BCUT2D eigenvalue weighted by atomic mass is 16.7. The molecule has 2 aliphatic rings. The van der Waals surface area contributed by atoms with Gasteiger partial charge in [-0.2, -0.15) is 0 Å². The summed E-state index contributed by atoms with van der Waals surface area (Å²) < 4.78 is 16.9. The highest BCUT2D eigenvalue weighted by Crippen LogP contribution is 2.44. The molecule has 3 rings (SSSR count). The van der Waals surface area contributed by atoms with Gasteiger partial charge in [-0.3, -0.25) is 0 Å². The zero-order valence-corrected chi connectivity index (χ0v) is 12.5. The standard InChI is InChI=1S/C17H20O5/c1-20-16(19)17-9-12(10-18)7-8-14(17)11-21-15(22-17)13-5-3-2-4-6-13/h2-8,12,14-15,18H,9-11H2,1H3/t12-,14-,15-,17-/m0/s1. The SMILES string of the molecule is COC(=O)[C@]12C[C@@H](CO)C=C[C@H]1CO[C@H](c1ccccc1)O2. The Labute approximate surface area is 129 Å². The summed E-state index contributed by atoms with van der Waals surface area (Å²) in [7, 11) is 1.36. The minimum absolute atomic E-state index is 0.0256. The molecule has 0 spiro atoms. The summed E-state index contributed by atoms with van der Waals surface area (Å²) in [5.74, 6) is -0.739. The van der Waals surface area contributed by atoms with Crippen LogP contribution in [0.2, 0.25) is 0 Å². The molecule has 1 N–H and O–H groups in total. The third kappa shape index (κ3) is 2.56. The van der Waals surface area contributed by atoms with Crippen molar-refractivity contribution in [2.45, 2.75) is 18.3 Å². The van der Waals surface area contributed by atoms with E-state index >= 15 is 0 Å². The molecule has 5 nitrogen and oxygen atoms in total. The fourth-order valence-corrected chi connectivity index (χ4v) is 3.15. The van der Waals surface area contributed by atoms with E-state index < -0.39 is 17.9 Å². The summed E-state index contributed by atoms with van der Waals surface area (Å²) in [6.07, 6.45) is 3.59. The quantitative estimate of drug-likeness (QED) is 0.682. The van der Waals surface area contributed by atoms with Crippen molar-refractivity contribution in [1.29, 1.82) is 0 Å². The van der Waals surface area contributed by atoms with Crippen LogP contribution < -0.4 is 0 Å². The predicted octanol–water partition coefficient (Wildman–Crippen LogP) is 1.83. The number of fused-ring (bicyclic) bond motifs is 1. The number of hydrogen-bond donors (Lipinski definition) is 1. The van der Waals surface area contributed by atoms with Crippen molar-refractivity contribution in [3.8, 4) is 0 Å². The van der Waals surface area contributed by atoms with Crippen molar-refractivity contribution >= 4 is 5.97 Å². The summed E-state index contributed by atoms with van der Waals surface area (Å²) in [5.41, 5.74) is -0.241. The van der Waals surface area contributed by atoms with Gasteiger partial charge in [-0.15, -0.1) is 0 Å². The number of benzene rings is 1. The Hall–Kier alpha value is -1.69. The number of carbonyl (C=O) groups is 1. The van der Waals surface area contributed by atoms with Crippen LogP contribution in [-0.2, 0) is 19.0 Å². The maximum Gasteiger partial charge on any atom is 0.339 e. The Kier molecular flexibility index (Phi) is 4.29. The molecule has 0 aromatic heterocycles. The summed E-state index contributed by atoms with van der Waals surface area (Å²) in [6.45, 7) is 0.353. The average Bonchev–Trinajstić information content (AvgIpc) is 2.60. The number of hydrogen-bond acceptors (Lipinski definition) is 5. The zero-order chi connectivity index (χ0) is 15.6. The summed E-state index contributed by atoms with van der Waals surface area (Å²) in [6, 6.07) is 9.51. The van der Waals surface area contributed by atoms with Gasteiger partial charge in [0.2, 0.25) is 0 Å². The largest absolute Gasteiger partial charge is 0.467 e. The highest BCUT2D eigenvalue weighted by molar-refractivity contribution is 5.81. The molecule has 1 saturated heterocycles. The topological polar surface area (TPSA) is 65.0 Å². The minimum atomic E-state index is -1.10. The monoisotopic (exact) mass is 304 g/mol. The molecule has 1 aliphatic carbocycles. The van der Waals surface area contributed by atoms with Gasteiger partial charge >= 0.3 is 5.97 Å². The van der Waals surface area contributed by atoms with Crippen molar-refractivity contribution in [2.75, 3.05) is 20.3 Å². The van der Waals surface area contributed by atoms with Crippen LogP contribution in [-0.4, -0.2) is 37.0 Å². The Bertz CT molecular complexity index is 555. The van der Waals surface area contributed by atoms with Crippen LogP contribution in [0.4, 0.5) is 0 Å². The third-order valence-electron chi connectivity index (χ3n) is 4.36. The predicted molar refractivity (Wildman–Crippen MR) is 78.8 cm³/mol. The number of methoxy groups -OCH3 is 1. The van der Waals surface area contributed by atoms with E-state index in [-0.39, 0.29) is 18.4 Å². The van der Waals surface area contributed by atoms with Crippen molar-refractivity contribution in [3.63, 3.8) is 0 Å². The first-order chi connectivity index (χ1) is 10.7. The summed E-state index contributed by atoms with van der Waals surface area (Å²) in [4.78, 5) is 12.4. The Morgan fingerprint density at radius 1 is 1.36 bits per heavy atom. The molecule has 1 heterocycles. The second kappa shape index (κ2) is 6.20. The van der Waals surface area contributed by atoms with E-state index in [0.29, 0.717) is 13.0 Å². The van der Waals surface area contributed by atoms with E-state index in [1.54, 1.807) is 0 Å². The molecule has 0 bridgehead atoms. The van der Waals surface area contributed by atoms with Crippen LogP contribution >= 0.6 is 0 Å². The molecular formula is C17H20O5. The summed E-state index contributed by atoms with van der Waals surface area (Å²) in [5, 5.41) is 9.44. The van der Waals surface area contributed by atoms with Gasteiger partial charge in [0.25, 0.3) is 0 Å². The minimum Gasteiger partial charge on any atom is -0.467 e. The Morgan fingerprint density at radius 2 is 2.14 bits per heavy atom. The molecule has 1 aromatic carbocycles. The van der Waals surface area contributed by atoms with E-state index in [9.17, 15) is 9.90 Å². The van der Waals surface area contributed by atoms with Gasteiger partial charge in [-0.1, -0.05) is 42.5 Å². The van der Waals surface area contributed by atoms with Gasteiger partial charge in [0.05, 0.1) is 13.7 Å². The molecule has 1 fully saturated rings. The smallest absolute Gasteiger partial charge is 0.339 e. The summed E-state index contributed by atoms with van der Waals surface area (Å²) >= 11 is 0. The number of aliphatic hydroxyl groups is 1. The van der Waals surface area contributed by atoms with E-state index in [2.05, 4.69) is 0 Å². The van der Waals surface area contributed by atoms with Crippen molar-refractivity contribution in [2.24, 2.45) is 11.8 Å². The lowest BCUT2D eigenvalue weighted by atomic mass is 9.74. The van der Waals surface area contributed by atoms with E-state index in [1.807, 2.05) is 42.5 Å². The lowest BCUT2D eigenvalue weighted by Crippen LogP contribution is -2.56. The first-order valence-electron chi connectivity index (χ1n) is 7.41. The van der Waals surface area contributed by atoms with Crippen LogP contribution in [0.5, 0.6) is 0 Å². The molecule has 118 valence electrons. The highest BCUT2D eigenvalue weighted by Gasteiger charge is 2.54. The van der Waals surface area contributed by atoms with E-state index in [4.69, 9.17) is 14.2 Å². The lowest BCUT2D eigenvalue weighted by molar-refractivity contribution is -0.284. The van der Waals surface area contributed by atoms with Gasteiger partial charge in [0.15, 0.2) is 11.9 Å². The van der Waals surface area contributed by atoms with Crippen molar-refractivity contribution in [3.05, 3.63) is 48.0 Å². The molecule has 4 atom stereocenters. The lowest BCUT2D eigenvalue weighted by Gasteiger charge is -2.46. The van der Waals surface area contributed by atoms with E-state index in [0.717, 1.165) is 5.56 Å². The molecule has 22 heavy (non-hydrogen) atoms. The van der Waals surface area contributed by atoms with Crippen LogP contribution in [0.25, 0.3) is 0 Å².